The predicted molar refractivity (Wildman–Crippen MR) is 178 cm³/mol. The fraction of sp³-hybridized carbons (Fsp3) is 0.286. The number of pyridine rings is 1. The Hall–Kier alpha value is -3.43. The molecule has 43 heavy (non-hydrogen) atoms. The lowest BCUT2D eigenvalue weighted by molar-refractivity contribution is -0.671. The van der Waals surface area contributed by atoms with Gasteiger partial charge >= 0.3 is 0 Å². The van der Waals surface area contributed by atoms with Crippen LogP contribution in [-0.2, 0) is 23.2 Å². The van der Waals surface area contributed by atoms with E-state index in [4.69, 9.17) is 0 Å². The third-order valence-corrected chi connectivity index (χ3v) is 9.91. The molecule has 0 saturated carbocycles. The van der Waals surface area contributed by atoms with Crippen LogP contribution in [-0.4, -0.2) is 43.8 Å². The molecule has 0 radical (unpaired) electrons. The lowest BCUT2D eigenvalue weighted by Gasteiger charge is -2.18. The van der Waals surface area contributed by atoms with Gasteiger partial charge in [0.25, 0.3) is 0 Å². The zero-order chi connectivity index (χ0) is 30.6. The largest absolute Gasteiger partial charge is 0.748 e. The number of benzene rings is 3. The van der Waals surface area contributed by atoms with Crippen molar-refractivity contribution in [3.63, 3.8) is 0 Å². The van der Waals surface area contributed by atoms with Gasteiger partial charge in [0, 0.05) is 42.8 Å². The summed E-state index contributed by atoms with van der Waals surface area (Å²) in [6.45, 7) is 9.94. The average molecular weight is 614 g/mol. The molecule has 224 valence electrons. The summed E-state index contributed by atoms with van der Waals surface area (Å²) in [6, 6.07) is 25.7. The summed E-state index contributed by atoms with van der Waals surface area (Å²) in [5.41, 5.74) is 8.06. The average Bonchev–Trinajstić information content (AvgIpc) is 3.30. The SMILES string of the molecule is CCN(CC)Cc1ccc(C(=Cc2cc[n+](CCCS(=O)(=O)[O-])c3ccccc23)C=C2Sc3ccc(C)cc3N2C)cc1. The van der Waals surface area contributed by atoms with Crippen molar-refractivity contribution in [1.82, 2.24) is 4.90 Å². The molecule has 1 aromatic heterocycles. The molecule has 3 aromatic carbocycles. The maximum Gasteiger partial charge on any atom is 0.213 e. The number of rotatable bonds is 11. The third-order valence-electron chi connectivity index (χ3n) is 7.95. The minimum absolute atomic E-state index is 0.274. The highest BCUT2D eigenvalue weighted by molar-refractivity contribution is 8.03. The number of hydrogen-bond donors (Lipinski definition) is 0. The lowest BCUT2D eigenvalue weighted by atomic mass is 9.99. The molecule has 8 heteroatoms. The first kappa shape index (κ1) is 31.0. The normalized spacial score (nSPS) is 14.7. The van der Waals surface area contributed by atoms with Crippen molar-refractivity contribution in [2.45, 2.75) is 45.2 Å². The second-order valence-electron chi connectivity index (χ2n) is 11.0. The molecule has 2 heterocycles. The maximum absolute atomic E-state index is 11.2. The van der Waals surface area contributed by atoms with E-state index in [1.54, 1.807) is 11.8 Å². The van der Waals surface area contributed by atoms with Crippen LogP contribution in [0.5, 0.6) is 0 Å². The monoisotopic (exact) mass is 613 g/mol. The van der Waals surface area contributed by atoms with E-state index >= 15 is 0 Å². The van der Waals surface area contributed by atoms with Crippen molar-refractivity contribution in [3.8, 4) is 0 Å². The number of nitrogens with zero attached hydrogens (tertiary/aromatic N) is 3. The minimum Gasteiger partial charge on any atom is -0.748 e. The van der Waals surface area contributed by atoms with Gasteiger partial charge < -0.3 is 9.45 Å². The highest BCUT2D eigenvalue weighted by Crippen LogP contribution is 2.46. The Labute approximate surface area is 260 Å². The fourth-order valence-electron chi connectivity index (χ4n) is 5.46. The highest BCUT2D eigenvalue weighted by Gasteiger charge is 2.22. The van der Waals surface area contributed by atoms with Crippen LogP contribution >= 0.6 is 11.8 Å². The number of aromatic nitrogens is 1. The molecule has 1 aliphatic heterocycles. The first-order chi connectivity index (χ1) is 20.6. The molecule has 0 amide bonds. The summed E-state index contributed by atoms with van der Waals surface area (Å²) in [5, 5.41) is 2.23. The summed E-state index contributed by atoms with van der Waals surface area (Å²) in [4.78, 5) is 5.92. The van der Waals surface area contributed by atoms with Crippen LogP contribution in [0.2, 0.25) is 0 Å². The molecule has 0 N–H and O–H groups in total. The van der Waals surface area contributed by atoms with E-state index < -0.39 is 10.1 Å². The third kappa shape index (κ3) is 7.57. The first-order valence-corrected chi connectivity index (χ1v) is 17.2. The Balaban J connectivity index is 1.56. The highest BCUT2D eigenvalue weighted by atomic mass is 32.2. The number of fused-ring (bicyclic) bond motifs is 2. The molecule has 0 aliphatic carbocycles. The Kier molecular flexibility index (Phi) is 9.72. The van der Waals surface area contributed by atoms with Crippen molar-refractivity contribution >= 4 is 50.1 Å². The summed E-state index contributed by atoms with van der Waals surface area (Å²) in [7, 11) is -2.12. The zero-order valence-corrected chi connectivity index (χ0v) is 26.9. The van der Waals surface area contributed by atoms with Crippen LogP contribution in [0.3, 0.4) is 0 Å². The molecule has 1 aliphatic rings. The number of thioether (sulfide) groups is 1. The molecule has 0 saturated heterocycles. The van der Waals surface area contributed by atoms with Gasteiger partial charge in [-0.15, -0.1) is 0 Å². The number of allylic oxidation sites excluding steroid dienone is 2. The number of anilines is 1. The van der Waals surface area contributed by atoms with Crippen LogP contribution in [0.15, 0.2) is 95.0 Å². The van der Waals surface area contributed by atoms with E-state index in [0.29, 0.717) is 6.54 Å². The van der Waals surface area contributed by atoms with Gasteiger partial charge in [0.15, 0.2) is 6.20 Å². The van der Waals surface area contributed by atoms with Crippen LogP contribution in [0, 0.1) is 6.92 Å². The van der Waals surface area contributed by atoms with Gasteiger partial charge in [-0.2, -0.15) is 4.57 Å². The van der Waals surface area contributed by atoms with E-state index in [9.17, 15) is 13.0 Å². The van der Waals surface area contributed by atoms with Crippen LogP contribution in [0.4, 0.5) is 5.69 Å². The second-order valence-corrected chi connectivity index (χ2v) is 13.6. The molecule has 0 spiro atoms. The summed E-state index contributed by atoms with van der Waals surface area (Å²) in [6.07, 6.45) is 6.77. The summed E-state index contributed by atoms with van der Waals surface area (Å²) >= 11 is 1.78. The van der Waals surface area contributed by atoms with Crippen molar-refractivity contribution in [1.29, 1.82) is 0 Å². The van der Waals surface area contributed by atoms with E-state index in [1.807, 2.05) is 29.0 Å². The van der Waals surface area contributed by atoms with Crippen molar-refractivity contribution < 1.29 is 17.5 Å². The van der Waals surface area contributed by atoms with E-state index in [0.717, 1.165) is 52.3 Å². The van der Waals surface area contributed by atoms with Crippen molar-refractivity contribution in [2.24, 2.45) is 0 Å². The number of hydrogen-bond acceptors (Lipinski definition) is 6. The van der Waals surface area contributed by atoms with Gasteiger partial charge in [0.05, 0.1) is 26.2 Å². The van der Waals surface area contributed by atoms with Gasteiger partial charge in [0.1, 0.15) is 6.54 Å². The summed E-state index contributed by atoms with van der Waals surface area (Å²) < 4.78 is 35.5. The van der Waals surface area contributed by atoms with Crippen LogP contribution in [0.1, 0.15) is 42.5 Å². The molecule has 0 atom stereocenters. The smallest absolute Gasteiger partial charge is 0.213 e. The number of aryl methyl sites for hydroxylation is 2. The molecular weight excluding hydrogens is 575 g/mol. The second kappa shape index (κ2) is 13.5. The van der Waals surface area contributed by atoms with E-state index in [1.165, 1.54) is 21.7 Å². The quantitative estimate of drug-likeness (QED) is 0.136. The fourth-order valence-corrected chi connectivity index (χ4v) is 7.03. The Morgan fingerprint density at radius 1 is 1.02 bits per heavy atom. The molecular formula is C35H39N3O3S2. The van der Waals surface area contributed by atoms with Crippen LogP contribution < -0.4 is 9.47 Å². The zero-order valence-electron chi connectivity index (χ0n) is 25.3. The molecule has 0 unspecified atom stereocenters. The standard InChI is InChI=1S/C35H39N3O3S2/c1-5-37(6-2)25-27-13-15-28(16-14-27)30(24-35-36(4)33-22-26(3)12-17-34(33)42-35)23-29-18-20-38(19-9-21-43(39,40)41)32-11-8-7-10-31(29)32/h7-8,10-18,20,22-24H,5-6,9,19,21,25H2,1-4H3. The van der Waals surface area contributed by atoms with Gasteiger partial charge in [-0.05, 0) is 78.2 Å². The number of para-hydroxylation sites is 1. The summed E-state index contributed by atoms with van der Waals surface area (Å²) in [5.74, 6) is -0.370. The van der Waals surface area contributed by atoms with E-state index in [-0.39, 0.29) is 12.2 Å². The van der Waals surface area contributed by atoms with Gasteiger partial charge in [0.2, 0.25) is 5.52 Å². The predicted octanol–water partition coefficient (Wildman–Crippen LogP) is 6.84. The Bertz CT molecular complexity index is 1780. The van der Waals surface area contributed by atoms with Gasteiger partial charge in [-0.25, -0.2) is 8.42 Å². The molecule has 0 fully saturated rings. The first-order valence-electron chi connectivity index (χ1n) is 14.8. The van der Waals surface area contributed by atoms with Crippen LogP contribution in [0.25, 0.3) is 22.6 Å². The van der Waals surface area contributed by atoms with E-state index in [2.05, 4.69) is 104 Å². The van der Waals surface area contributed by atoms with Crippen molar-refractivity contribution in [2.75, 3.05) is 30.8 Å². The minimum atomic E-state index is -4.24. The molecule has 5 rings (SSSR count). The maximum atomic E-state index is 11.2. The molecule has 6 nitrogen and oxygen atoms in total. The van der Waals surface area contributed by atoms with Gasteiger partial charge in [-0.1, -0.05) is 68.1 Å². The Morgan fingerprint density at radius 3 is 2.49 bits per heavy atom. The lowest BCUT2D eigenvalue weighted by Crippen LogP contribution is -2.35. The Morgan fingerprint density at radius 2 is 1.77 bits per heavy atom. The van der Waals surface area contributed by atoms with Crippen molar-refractivity contribution in [3.05, 3.63) is 112 Å². The topological polar surface area (TPSA) is 67.6 Å². The molecule has 0 bridgehead atoms. The van der Waals surface area contributed by atoms with Gasteiger partial charge in [-0.3, -0.25) is 4.90 Å². The molecule has 4 aromatic rings.